The fourth-order valence-corrected chi connectivity index (χ4v) is 3.95. The highest BCUT2D eigenvalue weighted by atomic mass is 32.1. The molecule has 1 heterocycles. The molecule has 3 rings (SSSR count). The van der Waals surface area contributed by atoms with Gasteiger partial charge >= 0.3 is 0 Å². The van der Waals surface area contributed by atoms with Gasteiger partial charge in [-0.25, -0.2) is 4.98 Å². The van der Waals surface area contributed by atoms with Crippen LogP contribution in [-0.4, -0.2) is 31.7 Å². The van der Waals surface area contributed by atoms with Gasteiger partial charge in [-0.3, -0.25) is 4.79 Å². The highest BCUT2D eigenvalue weighted by molar-refractivity contribution is 7.17. The molecule has 28 heavy (non-hydrogen) atoms. The Hall–Kier alpha value is -2.86. The molecule has 0 saturated heterocycles. The molecular formula is C22H24N2O3S. The monoisotopic (exact) mass is 396 g/mol. The van der Waals surface area contributed by atoms with Gasteiger partial charge in [0, 0.05) is 12.1 Å². The number of rotatable bonds is 7. The van der Waals surface area contributed by atoms with Crippen molar-refractivity contribution in [3.05, 3.63) is 64.2 Å². The SMILES string of the molecule is COc1ccc(-c2nc(C)c(C(=O)NCCc3cc(C)ccc3OC)s2)cc1. The lowest BCUT2D eigenvalue weighted by atomic mass is 10.1. The van der Waals surface area contributed by atoms with Gasteiger partial charge in [-0.15, -0.1) is 11.3 Å². The Morgan fingerprint density at radius 2 is 1.82 bits per heavy atom. The van der Waals surface area contributed by atoms with Crippen LogP contribution in [0.25, 0.3) is 10.6 Å². The minimum Gasteiger partial charge on any atom is -0.497 e. The van der Waals surface area contributed by atoms with Gasteiger partial charge in [-0.2, -0.15) is 0 Å². The molecular weight excluding hydrogens is 372 g/mol. The summed E-state index contributed by atoms with van der Waals surface area (Å²) < 4.78 is 10.6. The van der Waals surface area contributed by atoms with E-state index in [1.165, 1.54) is 16.9 Å². The normalized spacial score (nSPS) is 10.6. The number of amides is 1. The Kier molecular flexibility index (Phi) is 6.31. The molecule has 0 aliphatic heterocycles. The largest absolute Gasteiger partial charge is 0.497 e. The van der Waals surface area contributed by atoms with Crippen molar-refractivity contribution in [3.8, 4) is 22.1 Å². The molecule has 6 heteroatoms. The maximum absolute atomic E-state index is 12.6. The van der Waals surface area contributed by atoms with E-state index in [-0.39, 0.29) is 5.91 Å². The van der Waals surface area contributed by atoms with E-state index < -0.39 is 0 Å². The van der Waals surface area contributed by atoms with Crippen molar-refractivity contribution in [3.63, 3.8) is 0 Å². The summed E-state index contributed by atoms with van der Waals surface area (Å²) in [6.07, 6.45) is 0.708. The summed E-state index contributed by atoms with van der Waals surface area (Å²) in [6.45, 7) is 4.44. The second-order valence-electron chi connectivity index (χ2n) is 6.48. The first kappa shape index (κ1) is 19.9. The lowest BCUT2D eigenvalue weighted by molar-refractivity contribution is 0.0957. The molecule has 0 unspecified atom stereocenters. The molecule has 0 aliphatic carbocycles. The molecule has 1 amide bonds. The Bertz CT molecular complexity index is 964. The van der Waals surface area contributed by atoms with Crippen molar-refractivity contribution in [2.45, 2.75) is 20.3 Å². The molecule has 0 atom stereocenters. The molecule has 0 aliphatic rings. The average molecular weight is 397 g/mol. The molecule has 2 aromatic carbocycles. The van der Waals surface area contributed by atoms with Crippen LogP contribution in [0.4, 0.5) is 0 Å². The van der Waals surface area contributed by atoms with Crippen LogP contribution in [-0.2, 0) is 6.42 Å². The highest BCUT2D eigenvalue weighted by Gasteiger charge is 2.16. The number of benzene rings is 2. The van der Waals surface area contributed by atoms with Crippen LogP contribution in [0.1, 0.15) is 26.5 Å². The van der Waals surface area contributed by atoms with Gasteiger partial charge in [0.1, 0.15) is 21.4 Å². The number of methoxy groups -OCH3 is 2. The van der Waals surface area contributed by atoms with Crippen molar-refractivity contribution in [2.75, 3.05) is 20.8 Å². The number of nitrogens with zero attached hydrogens (tertiary/aromatic N) is 1. The summed E-state index contributed by atoms with van der Waals surface area (Å²) in [5, 5.41) is 3.82. The van der Waals surface area contributed by atoms with E-state index in [0.29, 0.717) is 17.8 Å². The second kappa shape index (κ2) is 8.89. The van der Waals surface area contributed by atoms with Crippen LogP contribution < -0.4 is 14.8 Å². The molecule has 0 saturated carbocycles. The summed E-state index contributed by atoms with van der Waals surface area (Å²) in [4.78, 5) is 17.8. The van der Waals surface area contributed by atoms with Gasteiger partial charge in [0.25, 0.3) is 5.91 Å². The van der Waals surface area contributed by atoms with Crippen LogP contribution in [0.3, 0.4) is 0 Å². The Morgan fingerprint density at radius 3 is 2.50 bits per heavy atom. The summed E-state index contributed by atoms with van der Waals surface area (Å²) >= 11 is 1.40. The second-order valence-corrected chi connectivity index (χ2v) is 7.48. The molecule has 1 N–H and O–H groups in total. The Morgan fingerprint density at radius 1 is 1.07 bits per heavy atom. The quantitative estimate of drug-likeness (QED) is 0.642. The third-order valence-electron chi connectivity index (χ3n) is 4.46. The van der Waals surface area contributed by atoms with Crippen molar-refractivity contribution in [2.24, 2.45) is 0 Å². The number of ether oxygens (including phenoxy) is 2. The van der Waals surface area contributed by atoms with Crippen LogP contribution >= 0.6 is 11.3 Å². The third-order valence-corrected chi connectivity index (χ3v) is 5.66. The summed E-state index contributed by atoms with van der Waals surface area (Å²) in [6, 6.07) is 13.7. The van der Waals surface area contributed by atoms with Gasteiger partial charge < -0.3 is 14.8 Å². The minimum absolute atomic E-state index is 0.0959. The number of nitrogens with one attached hydrogen (secondary N) is 1. The topological polar surface area (TPSA) is 60.5 Å². The first-order chi connectivity index (χ1) is 13.5. The van der Waals surface area contributed by atoms with E-state index in [2.05, 4.69) is 16.4 Å². The van der Waals surface area contributed by atoms with Gasteiger partial charge in [0.2, 0.25) is 0 Å². The first-order valence-electron chi connectivity index (χ1n) is 9.05. The number of aryl methyl sites for hydroxylation is 2. The predicted octanol–water partition coefficient (Wildman–Crippen LogP) is 4.42. The van der Waals surface area contributed by atoms with Crippen LogP contribution in [0.2, 0.25) is 0 Å². The van der Waals surface area contributed by atoms with E-state index in [1.807, 2.05) is 50.2 Å². The average Bonchev–Trinajstić information content (AvgIpc) is 3.10. The fraction of sp³-hybridized carbons (Fsp3) is 0.273. The number of aromatic nitrogens is 1. The van der Waals surface area contributed by atoms with E-state index in [1.54, 1.807) is 14.2 Å². The van der Waals surface area contributed by atoms with E-state index in [4.69, 9.17) is 9.47 Å². The van der Waals surface area contributed by atoms with E-state index in [9.17, 15) is 4.79 Å². The number of hydrogen-bond donors (Lipinski definition) is 1. The van der Waals surface area contributed by atoms with Crippen LogP contribution in [0.15, 0.2) is 42.5 Å². The molecule has 0 bridgehead atoms. The summed E-state index contributed by atoms with van der Waals surface area (Å²) in [5.74, 6) is 1.54. The first-order valence-corrected chi connectivity index (χ1v) is 9.87. The number of carbonyl (C=O) groups is 1. The van der Waals surface area contributed by atoms with Crippen molar-refractivity contribution >= 4 is 17.2 Å². The van der Waals surface area contributed by atoms with Crippen molar-refractivity contribution in [1.29, 1.82) is 0 Å². The molecule has 0 radical (unpaired) electrons. The Balaban J connectivity index is 1.66. The van der Waals surface area contributed by atoms with Gasteiger partial charge in [0.15, 0.2) is 0 Å². The highest BCUT2D eigenvalue weighted by Crippen LogP contribution is 2.29. The van der Waals surface area contributed by atoms with Gasteiger partial charge in [-0.05, 0) is 56.2 Å². The molecule has 0 spiro atoms. The molecule has 5 nitrogen and oxygen atoms in total. The summed E-state index contributed by atoms with van der Waals surface area (Å²) in [5.41, 5.74) is 3.96. The van der Waals surface area contributed by atoms with Crippen LogP contribution in [0, 0.1) is 13.8 Å². The van der Waals surface area contributed by atoms with E-state index in [0.717, 1.165) is 33.3 Å². The zero-order valence-corrected chi connectivity index (χ0v) is 17.4. The smallest absolute Gasteiger partial charge is 0.263 e. The van der Waals surface area contributed by atoms with Gasteiger partial charge in [0.05, 0.1) is 19.9 Å². The maximum atomic E-state index is 12.6. The van der Waals surface area contributed by atoms with Gasteiger partial charge in [-0.1, -0.05) is 17.7 Å². The molecule has 3 aromatic rings. The predicted molar refractivity (Wildman–Crippen MR) is 113 cm³/mol. The molecule has 0 fully saturated rings. The zero-order chi connectivity index (χ0) is 20.1. The lowest BCUT2D eigenvalue weighted by Crippen LogP contribution is -2.25. The van der Waals surface area contributed by atoms with Crippen molar-refractivity contribution in [1.82, 2.24) is 10.3 Å². The number of hydrogen-bond acceptors (Lipinski definition) is 5. The fourth-order valence-electron chi connectivity index (χ4n) is 2.96. The summed E-state index contributed by atoms with van der Waals surface area (Å²) in [7, 11) is 3.30. The van der Waals surface area contributed by atoms with E-state index >= 15 is 0 Å². The number of carbonyl (C=O) groups excluding carboxylic acids is 1. The Labute approximate surface area is 169 Å². The zero-order valence-electron chi connectivity index (χ0n) is 16.5. The molecule has 146 valence electrons. The maximum Gasteiger partial charge on any atom is 0.263 e. The van der Waals surface area contributed by atoms with Crippen molar-refractivity contribution < 1.29 is 14.3 Å². The number of thiazole rings is 1. The lowest BCUT2D eigenvalue weighted by Gasteiger charge is -2.10. The minimum atomic E-state index is -0.0959. The standard InChI is InChI=1S/C22H24N2O3S/c1-14-5-10-19(27-4)17(13-14)11-12-23-21(25)20-15(2)24-22(28-20)16-6-8-18(26-3)9-7-16/h5-10,13H,11-12H2,1-4H3,(H,23,25). The molecule has 1 aromatic heterocycles. The van der Waals surface area contributed by atoms with Crippen LogP contribution in [0.5, 0.6) is 11.5 Å². The third kappa shape index (κ3) is 4.51.